The smallest absolute Gasteiger partial charge is 0.313 e. The number of hydrogen-bond donors (Lipinski definition) is 0. The number of rotatable bonds is 6. The molecule has 2 heteroatoms. The number of benzene rings is 2. The molecular weight excluding hydrogens is 296 g/mol. The predicted octanol–water partition coefficient (Wildman–Crippen LogP) is 5.68. The first kappa shape index (κ1) is 18.3. The van der Waals surface area contributed by atoms with Crippen LogP contribution in [0.5, 0.6) is 0 Å². The van der Waals surface area contributed by atoms with E-state index in [0.717, 1.165) is 17.5 Å². The molecule has 0 aliphatic heterocycles. The van der Waals surface area contributed by atoms with E-state index in [1.165, 1.54) is 12.7 Å². The normalized spacial score (nSPS) is 12.9. The van der Waals surface area contributed by atoms with Crippen LogP contribution in [0.1, 0.15) is 45.6 Å². The van der Waals surface area contributed by atoms with Gasteiger partial charge in [-0.05, 0) is 34.4 Å². The molecule has 0 saturated carbocycles. The summed E-state index contributed by atoms with van der Waals surface area (Å²) in [6.45, 7) is 8.83. The molecule has 2 nitrogen and oxygen atoms in total. The molecule has 1 atom stereocenters. The minimum atomic E-state index is -0.225. The van der Waals surface area contributed by atoms with Crippen molar-refractivity contribution in [3.05, 3.63) is 60.2 Å². The van der Waals surface area contributed by atoms with Gasteiger partial charge >= 0.3 is 5.97 Å². The van der Waals surface area contributed by atoms with Crippen molar-refractivity contribution >= 4 is 5.97 Å². The van der Waals surface area contributed by atoms with Crippen LogP contribution in [0.4, 0.5) is 0 Å². The van der Waals surface area contributed by atoms with Crippen LogP contribution < -0.4 is 0 Å². The minimum Gasteiger partial charge on any atom is -0.469 e. The standard InChI is InChI=1S/C22H28O2/c1-16(2)22(3,4)15-20(21(23)24-5)19-13-11-18(12-14-19)17-9-7-6-8-10-17/h6-14,16,20H,15H2,1-5H3. The topological polar surface area (TPSA) is 26.3 Å². The van der Waals surface area contributed by atoms with Gasteiger partial charge in [-0.15, -0.1) is 0 Å². The van der Waals surface area contributed by atoms with Gasteiger partial charge in [0.15, 0.2) is 0 Å². The van der Waals surface area contributed by atoms with Crippen molar-refractivity contribution in [2.45, 2.75) is 40.0 Å². The van der Waals surface area contributed by atoms with Crippen molar-refractivity contribution in [1.82, 2.24) is 0 Å². The zero-order valence-electron chi connectivity index (χ0n) is 15.4. The van der Waals surface area contributed by atoms with Crippen LogP contribution in [0.3, 0.4) is 0 Å². The van der Waals surface area contributed by atoms with Crippen LogP contribution in [0.2, 0.25) is 0 Å². The molecule has 0 amide bonds. The first-order valence-corrected chi connectivity index (χ1v) is 8.58. The Morgan fingerprint density at radius 1 is 0.958 bits per heavy atom. The Labute approximate surface area is 145 Å². The van der Waals surface area contributed by atoms with Gasteiger partial charge in [0.05, 0.1) is 13.0 Å². The van der Waals surface area contributed by atoms with E-state index in [9.17, 15) is 4.79 Å². The van der Waals surface area contributed by atoms with E-state index in [2.05, 4.69) is 64.1 Å². The molecule has 24 heavy (non-hydrogen) atoms. The van der Waals surface area contributed by atoms with Gasteiger partial charge in [0.2, 0.25) is 0 Å². The Morgan fingerprint density at radius 2 is 1.50 bits per heavy atom. The minimum absolute atomic E-state index is 0.0664. The van der Waals surface area contributed by atoms with E-state index in [0.29, 0.717) is 5.92 Å². The highest BCUT2D eigenvalue weighted by Crippen LogP contribution is 2.38. The molecule has 0 aliphatic carbocycles. The summed E-state index contributed by atoms with van der Waals surface area (Å²) in [4.78, 5) is 12.3. The van der Waals surface area contributed by atoms with Gasteiger partial charge in [0.25, 0.3) is 0 Å². The Hall–Kier alpha value is -2.09. The van der Waals surface area contributed by atoms with Crippen LogP contribution in [0.25, 0.3) is 11.1 Å². The summed E-state index contributed by atoms with van der Waals surface area (Å²) in [6, 6.07) is 18.5. The summed E-state index contributed by atoms with van der Waals surface area (Å²) in [5.41, 5.74) is 3.43. The summed E-state index contributed by atoms with van der Waals surface area (Å²) in [5.74, 6) is 0.113. The van der Waals surface area contributed by atoms with Crippen LogP contribution in [-0.4, -0.2) is 13.1 Å². The molecule has 0 bridgehead atoms. The fourth-order valence-corrected chi connectivity index (χ4v) is 2.78. The molecule has 0 fully saturated rings. The Kier molecular flexibility index (Phi) is 5.82. The van der Waals surface area contributed by atoms with Crippen LogP contribution >= 0.6 is 0 Å². The zero-order valence-corrected chi connectivity index (χ0v) is 15.4. The van der Waals surface area contributed by atoms with Crippen LogP contribution in [-0.2, 0) is 9.53 Å². The highest BCUT2D eigenvalue weighted by Gasteiger charge is 2.32. The molecule has 0 heterocycles. The second-order valence-electron chi connectivity index (χ2n) is 7.41. The van der Waals surface area contributed by atoms with E-state index in [4.69, 9.17) is 4.74 Å². The van der Waals surface area contributed by atoms with Gasteiger partial charge in [-0.2, -0.15) is 0 Å². The average molecular weight is 324 g/mol. The van der Waals surface area contributed by atoms with Crippen molar-refractivity contribution in [3.8, 4) is 11.1 Å². The van der Waals surface area contributed by atoms with Crippen LogP contribution in [0.15, 0.2) is 54.6 Å². The predicted molar refractivity (Wildman–Crippen MR) is 99.9 cm³/mol. The molecule has 128 valence electrons. The number of ether oxygens (including phenoxy) is 1. The van der Waals surface area contributed by atoms with Crippen molar-refractivity contribution in [2.24, 2.45) is 11.3 Å². The number of methoxy groups -OCH3 is 1. The molecule has 2 aromatic carbocycles. The van der Waals surface area contributed by atoms with Gasteiger partial charge < -0.3 is 4.74 Å². The maximum atomic E-state index is 12.3. The highest BCUT2D eigenvalue weighted by atomic mass is 16.5. The molecule has 1 unspecified atom stereocenters. The molecule has 0 aromatic heterocycles. The molecule has 2 rings (SSSR count). The quantitative estimate of drug-likeness (QED) is 0.639. The third-order valence-electron chi connectivity index (χ3n) is 5.20. The van der Waals surface area contributed by atoms with Crippen molar-refractivity contribution in [2.75, 3.05) is 7.11 Å². The number of hydrogen-bond acceptors (Lipinski definition) is 2. The summed E-state index contributed by atoms with van der Waals surface area (Å²) in [6.07, 6.45) is 0.780. The maximum Gasteiger partial charge on any atom is 0.313 e. The van der Waals surface area contributed by atoms with E-state index in [1.54, 1.807) is 0 Å². The van der Waals surface area contributed by atoms with Gasteiger partial charge in [0.1, 0.15) is 0 Å². The molecule has 0 radical (unpaired) electrons. The van der Waals surface area contributed by atoms with Gasteiger partial charge in [0, 0.05) is 0 Å². The summed E-state index contributed by atoms with van der Waals surface area (Å²) in [7, 11) is 1.47. The number of carbonyl (C=O) groups excluding carboxylic acids is 1. The zero-order chi connectivity index (χ0) is 17.7. The second-order valence-corrected chi connectivity index (χ2v) is 7.41. The summed E-state index contributed by atoms with van der Waals surface area (Å²) >= 11 is 0. The van der Waals surface area contributed by atoms with E-state index in [1.807, 2.05) is 18.2 Å². The SMILES string of the molecule is COC(=O)C(CC(C)(C)C(C)C)c1ccc(-c2ccccc2)cc1. The fraction of sp³-hybridized carbons (Fsp3) is 0.409. The third kappa shape index (κ3) is 4.25. The lowest BCUT2D eigenvalue weighted by Crippen LogP contribution is -2.26. The summed E-state index contributed by atoms with van der Waals surface area (Å²) < 4.78 is 5.07. The Morgan fingerprint density at radius 3 is 2.00 bits per heavy atom. The van der Waals surface area contributed by atoms with Crippen molar-refractivity contribution < 1.29 is 9.53 Å². The lowest BCUT2D eigenvalue weighted by molar-refractivity contribution is -0.143. The number of esters is 1. The van der Waals surface area contributed by atoms with Gasteiger partial charge in [-0.3, -0.25) is 4.79 Å². The molecule has 2 aromatic rings. The van der Waals surface area contributed by atoms with E-state index < -0.39 is 0 Å². The molecule has 0 spiro atoms. The number of carbonyl (C=O) groups is 1. The van der Waals surface area contributed by atoms with Crippen molar-refractivity contribution in [1.29, 1.82) is 0 Å². The fourth-order valence-electron chi connectivity index (χ4n) is 2.78. The largest absolute Gasteiger partial charge is 0.469 e. The average Bonchev–Trinajstić information content (AvgIpc) is 2.60. The third-order valence-corrected chi connectivity index (χ3v) is 5.20. The van der Waals surface area contributed by atoms with Crippen LogP contribution in [0, 0.1) is 11.3 Å². The van der Waals surface area contributed by atoms with E-state index >= 15 is 0 Å². The highest BCUT2D eigenvalue weighted by molar-refractivity contribution is 5.78. The van der Waals surface area contributed by atoms with E-state index in [-0.39, 0.29) is 17.3 Å². The monoisotopic (exact) mass is 324 g/mol. The van der Waals surface area contributed by atoms with Crippen molar-refractivity contribution in [3.63, 3.8) is 0 Å². The van der Waals surface area contributed by atoms with Gasteiger partial charge in [-0.25, -0.2) is 0 Å². The molecule has 0 aliphatic rings. The maximum absolute atomic E-state index is 12.3. The second kappa shape index (κ2) is 7.65. The Bertz CT molecular complexity index is 654. The lowest BCUT2D eigenvalue weighted by atomic mass is 9.73. The first-order chi connectivity index (χ1) is 11.3. The lowest BCUT2D eigenvalue weighted by Gasteiger charge is -2.32. The Balaban J connectivity index is 2.29. The van der Waals surface area contributed by atoms with Gasteiger partial charge in [-0.1, -0.05) is 82.3 Å². The molecular formula is C22H28O2. The molecule has 0 saturated heterocycles. The molecule has 0 N–H and O–H groups in total. The first-order valence-electron chi connectivity index (χ1n) is 8.58. The summed E-state index contributed by atoms with van der Waals surface area (Å²) in [5, 5.41) is 0.